The molecule has 0 spiro atoms. The summed E-state index contributed by atoms with van der Waals surface area (Å²) in [6.45, 7) is 4.94. The molecule has 0 radical (unpaired) electrons. The number of fused-ring (bicyclic) bond motifs is 1. The van der Waals surface area contributed by atoms with Crippen LogP contribution in [0.4, 0.5) is 0 Å². The van der Waals surface area contributed by atoms with E-state index in [9.17, 15) is 9.59 Å². The third-order valence-corrected chi connectivity index (χ3v) is 7.71. The molecule has 0 bridgehead atoms. The molecule has 5 heteroatoms. The summed E-state index contributed by atoms with van der Waals surface area (Å²) >= 11 is 1.79. The molecule has 2 heterocycles. The summed E-state index contributed by atoms with van der Waals surface area (Å²) in [6.07, 6.45) is 6.94. The molecule has 1 aliphatic heterocycles. The van der Waals surface area contributed by atoms with Gasteiger partial charge in [-0.25, -0.2) is 0 Å². The lowest BCUT2D eigenvalue weighted by molar-refractivity contribution is -0.144. The van der Waals surface area contributed by atoms with Crippen molar-refractivity contribution >= 4 is 23.2 Å². The van der Waals surface area contributed by atoms with E-state index in [0.29, 0.717) is 13.0 Å². The van der Waals surface area contributed by atoms with E-state index in [0.717, 1.165) is 32.1 Å². The van der Waals surface area contributed by atoms with Crippen LogP contribution < -0.4 is 0 Å². The second-order valence-corrected chi connectivity index (χ2v) is 9.56. The Balaban J connectivity index is 1.62. The van der Waals surface area contributed by atoms with Gasteiger partial charge in [0.2, 0.25) is 11.8 Å². The van der Waals surface area contributed by atoms with Gasteiger partial charge in [0.05, 0.1) is 6.04 Å². The maximum Gasteiger partial charge on any atom is 0.243 e. The first-order valence-corrected chi connectivity index (χ1v) is 12.2. The predicted molar refractivity (Wildman–Crippen MR) is 122 cm³/mol. The van der Waals surface area contributed by atoms with Crippen molar-refractivity contribution in [3.63, 3.8) is 0 Å². The van der Waals surface area contributed by atoms with Gasteiger partial charge < -0.3 is 9.80 Å². The van der Waals surface area contributed by atoms with Gasteiger partial charge in [-0.1, -0.05) is 50.5 Å². The smallest absolute Gasteiger partial charge is 0.243 e. The van der Waals surface area contributed by atoms with Crippen molar-refractivity contribution in [1.82, 2.24) is 9.80 Å². The molecule has 1 aromatic carbocycles. The zero-order chi connectivity index (χ0) is 21.1. The minimum absolute atomic E-state index is 0.0568. The van der Waals surface area contributed by atoms with Gasteiger partial charge in [-0.3, -0.25) is 9.59 Å². The van der Waals surface area contributed by atoms with Crippen molar-refractivity contribution in [1.29, 1.82) is 0 Å². The lowest BCUT2D eigenvalue weighted by Crippen LogP contribution is -2.50. The number of hydrogen-bond donors (Lipinski definition) is 0. The van der Waals surface area contributed by atoms with Crippen LogP contribution in [0, 0.1) is 6.92 Å². The molecule has 1 aliphatic carbocycles. The molecule has 4 nitrogen and oxygen atoms in total. The second kappa shape index (κ2) is 9.34. The Hall–Kier alpha value is -2.14. The van der Waals surface area contributed by atoms with Crippen molar-refractivity contribution in [2.45, 2.75) is 70.9 Å². The third kappa shape index (κ3) is 4.18. The second-order valence-electron chi connectivity index (χ2n) is 8.56. The Labute approximate surface area is 183 Å². The number of nitrogens with zero attached hydrogens (tertiary/aromatic N) is 2. The number of thiophene rings is 1. The molecular weight excluding hydrogens is 392 g/mol. The van der Waals surface area contributed by atoms with E-state index in [4.69, 9.17) is 0 Å². The van der Waals surface area contributed by atoms with E-state index >= 15 is 0 Å². The van der Waals surface area contributed by atoms with E-state index in [1.165, 1.54) is 28.0 Å². The topological polar surface area (TPSA) is 40.6 Å². The molecule has 1 unspecified atom stereocenters. The van der Waals surface area contributed by atoms with Crippen LogP contribution in [0.25, 0.3) is 0 Å². The zero-order valence-electron chi connectivity index (χ0n) is 18.1. The maximum atomic E-state index is 13.6. The molecule has 2 aromatic rings. The van der Waals surface area contributed by atoms with Gasteiger partial charge in [0.25, 0.3) is 0 Å². The molecule has 1 aromatic heterocycles. The van der Waals surface area contributed by atoms with Gasteiger partial charge in [-0.15, -0.1) is 11.3 Å². The third-order valence-electron chi connectivity index (χ3n) is 6.71. The fourth-order valence-electron chi connectivity index (χ4n) is 5.07. The van der Waals surface area contributed by atoms with E-state index in [-0.39, 0.29) is 30.4 Å². The number of hydrogen-bond acceptors (Lipinski definition) is 3. The SMILES string of the molecule is CCC(=O)N(CC(=O)N1CCc2sccc2C1c1ccccc1C)C1CCCCC1. The number of carbonyl (C=O) groups excluding carboxylic acids is 2. The van der Waals surface area contributed by atoms with Gasteiger partial charge in [0, 0.05) is 23.9 Å². The van der Waals surface area contributed by atoms with Gasteiger partial charge in [0.15, 0.2) is 0 Å². The molecule has 0 N–H and O–H groups in total. The summed E-state index contributed by atoms with van der Waals surface area (Å²) in [5.41, 5.74) is 3.64. The summed E-state index contributed by atoms with van der Waals surface area (Å²) in [5.74, 6) is 0.184. The van der Waals surface area contributed by atoms with Gasteiger partial charge in [-0.2, -0.15) is 0 Å². The summed E-state index contributed by atoms with van der Waals surface area (Å²) in [5, 5.41) is 2.14. The number of rotatable bonds is 5. The summed E-state index contributed by atoms with van der Waals surface area (Å²) in [7, 11) is 0. The molecule has 1 atom stereocenters. The Kier molecular flexibility index (Phi) is 6.57. The number of amides is 2. The average molecular weight is 425 g/mol. The van der Waals surface area contributed by atoms with E-state index in [1.807, 2.05) is 22.8 Å². The van der Waals surface area contributed by atoms with E-state index in [2.05, 4.69) is 36.6 Å². The Morgan fingerprint density at radius 2 is 1.87 bits per heavy atom. The lowest BCUT2D eigenvalue weighted by atomic mass is 9.90. The largest absolute Gasteiger partial charge is 0.330 e. The van der Waals surface area contributed by atoms with Crippen LogP contribution in [-0.4, -0.2) is 40.7 Å². The van der Waals surface area contributed by atoms with Crippen molar-refractivity contribution in [3.8, 4) is 0 Å². The minimum Gasteiger partial charge on any atom is -0.330 e. The highest BCUT2D eigenvalue weighted by Gasteiger charge is 2.35. The zero-order valence-corrected chi connectivity index (χ0v) is 18.9. The van der Waals surface area contributed by atoms with Crippen LogP contribution in [-0.2, 0) is 16.0 Å². The Morgan fingerprint density at radius 1 is 1.10 bits per heavy atom. The number of aryl methyl sites for hydroxylation is 1. The van der Waals surface area contributed by atoms with E-state index in [1.54, 1.807) is 11.3 Å². The Morgan fingerprint density at radius 3 is 2.60 bits per heavy atom. The molecule has 4 rings (SSSR count). The lowest BCUT2D eigenvalue weighted by Gasteiger charge is -2.40. The predicted octanol–water partition coefficient (Wildman–Crippen LogP) is 5.10. The fraction of sp³-hybridized carbons (Fsp3) is 0.520. The van der Waals surface area contributed by atoms with Crippen molar-refractivity contribution < 1.29 is 9.59 Å². The minimum atomic E-state index is -0.0568. The van der Waals surface area contributed by atoms with Crippen LogP contribution in [0.15, 0.2) is 35.7 Å². The van der Waals surface area contributed by atoms with Gasteiger partial charge >= 0.3 is 0 Å². The maximum absolute atomic E-state index is 13.6. The first kappa shape index (κ1) is 21.1. The van der Waals surface area contributed by atoms with Crippen LogP contribution in [0.1, 0.15) is 73.1 Å². The first-order chi connectivity index (χ1) is 14.6. The molecule has 1 saturated carbocycles. The molecule has 2 aliphatic rings. The Bertz CT molecular complexity index is 900. The van der Waals surface area contributed by atoms with Crippen LogP contribution in [0.2, 0.25) is 0 Å². The molecule has 0 saturated heterocycles. The van der Waals surface area contributed by atoms with E-state index < -0.39 is 0 Å². The molecule has 160 valence electrons. The van der Waals surface area contributed by atoms with Crippen molar-refractivity contribution in [2.75, 3.05) is 13.1 Å². The summed E-state index contributed by atoms with van der Waals surface area (Å²) in [4.78, 5) is 31.7. The van der Waals surface area contributed by atoms with Gasteiger partial charge in [-0.05, 0) is 54.3 Å². The highest BCUT2D eigenvalue weighted by atomic mass is 32.1. The normalized spacial score (nSPS) is 19.4. The molecule has 1 fully saturated rings. The monoisotopic (exact) mass is 424 g/mol. The first-order valence-electron chi connectivity index (χ1n) is 11.3. The molecule has 30 heavy (non-hydrogen) atoms. The molecular formula is C25H32N2O2S. The van der Waals surface area contributed by atoms with Crippen molar-refractivity contribution in [2.24, 2.45) is 0 Å². The van der Waals surface area contributed by atoms with Crippen LogP contribution >= 0.6 is 11.3 Å². The highest BCUT2D eigenvalue weighted by Crippen LogP contribution is 2.39. The summed E-state index contributed by atoms with van der Waals surface area (Å²) in [6, 6.07) is 10.7. The van der Waals surface area contributed by atoms with Crippen molar-refractivity contribution in [3.05, 3.63) is 57.3 Å². The molecule has 2 amide bonds. The summed E-state index contributed by atoms with van der Waals surface area (Å²) < 4.78 is 0. The van der Waals surface area contributed by atoms with Crippen LogP contribution in [0.5, 0.6) is 0 Å². The number of carbonyl (C=O) groups is 2. The van der Waals surface area contributed by atoms with Gasteiger partial charge in [0.1, 0.15) is 6.54 Å². The number of benzene rings is 1. The van der Waals surface area contributed by atoms with Crippen LogP contribution in [0.3, 0.4) is 0 Å². The highest BCUT2D eigenvalue weighted by molar-refractivity contribution is 7.10. The standard InChI is InChI=1S/C25H32N2O2S/c1-3-23(28)27(19-10-5-4-6-11-19)17-24(29)26-15-13-22-21(14-16-30-22)25(26)20-12-8-7-9-18(20)2/h7-9,12,14,16,19,25H,3-6,10-11,13,15,17H2,1-2H3. The quantitative estimate of drug-likeness (QED) is 0.670. The fourth-order valence-corrected chi connectivity index (χ4v) is 5.97. The average Bonchev–Trinajstić information content (AvgIpc) is 3.26.